The Balaban J connectivity index is 1.93. The van der Waals surface area contributed by atoms with E-state index in [-0.39, 0.29) is 5.75 Å². The zero-order chi connectivity index (χ0) is 21.4. The van der Waals surface area contributed by atoms with E-state index in [2.05, 4.69) is 15.4 Å². The number of anilines is 1. The highest BCUT2D eigenvalue weighted by atomic mass is 16.5. The summed E-state index contributed by atoms with van der Waals surface area (Å²) in [6.07, 6.45) is 0. The molecule has 1 aliphatic rings. The number of primary amides is 1. The smallest absolute Gasteiger partial charge is 0.248 e. The molecule has 0 aliphatic carbocycles. The summed E-state index contributed by atoms with van der Waals surface area (Å²) in [7, 11) is 3.12. The van der Waals surface area contributed by atoms with Gasteiger partial charge in [-0.05, 0) is 49.4 Å². The molecule has 1 atom stereocenters. The number of benzene rings is 2. The number of allylic oxidation sites excluding steroid dienone is 1. The number of carbonyl (C=O) groups is 1. The number of hydrogen-bond acceptors (Lipinski definition) is 7. The van der Waals surface area contributed by atoms with E-state index in [0.29, 0.717) is 45.7 Å². The van der Waals surface area contributed by atoms with Crippen molar-refractivity contribution in [3.63, 3.8) is 0 Å². The quantitative estimate of drug-likeness (QED) is 0.593. The van der Waals surface area contributed by atoms with Gasteiger partial charge in [0.15, 0.2) is 5.82 Å². The zero-order valence-corrected chi connectivity index (χ0v) is 16.7. The second-order valence-corrected chi connectivity index (χ2v) is 6.79. The van der Waals surface area contributed by atoms with Crippen LogP contribution in [0.15, 0.2) is 53.7 Å². The molecule has 2 aromatic carbocycles. The minimum Gasteiger partial charge on any atom is -0.508 e. The molecule has 154 valence electrons. The van der Waals surface area contributed by atoms with Crippen LogP contribution in [0.25, 0.3) is 11.4 Å². The fraction of sp³-hybridized carbons (Fsp3) is 0.190. The monoisotopic (exact) mass is 407 g/mol. The van der Waals surface area contributed by atoms with Gasteiger partial charge in [0.2, 0.25) is 11.9 Å². The van der Waals surface area contributed by atoms with Gasteiger partial charge in [0, 0.05) is 16.8 Å². The average Bonchev–Trinajstić information content (AvgIpc) is 3.16. The summed E-state index contributed by atoms with van der Waals surface area (Å²) in [6.45, 7) is 1.76. The second kappa shape index (κ2) is 7.43. The summed E-state index contributed by atoms with van der Waals surface area (Å²) in [6, 6.07) is 11.2. The summed E-state index contributed by atoms with van der Waals surface area (Å²) in [5.74, 6) is 1.61. The summed E-state index contributed by atoms with van der Waals surface area (Å²) < 4.78 is 12.5. The molecule has 1 amide bonds. The van der Waals surface area contributed by atoms with E-state index in [0.717, 1.165) is 0 Å². The van der Waals surface area contributed by atoms with Gasteiger partial charge in [-0.25, -0.2) is 4.68 Å². The molecule has 4 rings (SSSR count). The predicted octanol–water partition coefficient (Wildman–Crippen LogP) is 2.44. The van der Waals surface area contributed by atoms with Gasteiger partial charge >= 0.3 is 0 Å². The van der Waals surface area contributed by atoms with Crippen molar-refractivity contribution in [3.8, 4) is 28.6 Å². The first kappa shape index (κ1) is 19.3. The van der Waals surface area contributed by atoms with Crippen molar-refractivity contribution >= 4 is 11.9 Å². The van der Waals surface area contributed by atoms with Gasteiger partial charge in [-0.2, -0.15) is 4.98 Å². The molecule has 0 spiro atoms. The fourth-order valence-corrected chi connectivity index (χ4v) is 3.54. The van der Waals surface area contributed by atoms with Crippen LogP contribution in [0.5, 0.6) is 17.2 Å². The molecule has 0 radical (unpaired) electrons. The Hall–Kier alpha value is -4.01. The third-order valence-corrected chi connectivity index (χ3v) is 4.98. The number of hydrogen-bond donors (Lipinski definition) is 3. The van der Waals surface area contributed by atoms with Crippen LogP contribution in [0.1, 0.15) is 18.5 Å². The van der Waals surface area contributed by atoms with E-state index in [1.54, 1.807) is 68.3 Å². The van der Waals surface area contributed by atoms with E-state index < -0.39 is 11.9 Å². The lowest BCUT2D eigenvalue weighted by atomic mass is 9.94. The van der Waals surface area contributed by atoms with Gasteiger partial charge in [0.05, 0.1) is 19.8 Å². The molecule has 0 fully saturated rings. The highest BCUT2D eigenvalue weighted by molar-refractivity contribution is 5.95. The lowest BCUT2D eigenvalue weighted by Gasteiger charge is -2.28. The van der Waals surface area contributed by atoms with Crippen LogP contribution < -0.4 is 20.5 Å². The van der Waals surface area contributed by atoms with Crippen LogP contribution in [0.2, 0.25) is 0 Å². The average molecular weight is 407 g/mol. The summed E-state index contributed by atoms with van der Waals surface area (Å²) in [5.41, 5.74) is 8.04. The zero-order valence-electron chi connectivity index (χ0n) is 16.7. The molecule has 3 aromatic rings. The molecular weight excluding hydrogens is 386 g/mol. The third-order valence-electron chi connectivity index (χ3n) is 4.98. The van der Waals surface area contributed by atoms with Gasteiger partial charge in [0.25, 0.3) is 0 Å². The Labute approximate surface area is 172 Å². The number of rotatable bonds is 5. The van der Waals surface area contributed by atoms with Crippen molar-refractivity contribution < 1.29 is 19.4 Å². The normalized spacial score (nSPS) is 15.4. The largest absolute Gasteiger partial charge is 0.508 e. The minimum absolute atomic E-state index is 0.147. The SMILES string of the molecule is COc1ccc(OC)c(C2C(C(N)=O)=C(C)Nc3nc(-c4ccc(O)cc4)nn32)c1. The van der Waals surface area contributed by atoms with Gasteiger partial charge < -0.3 is 25.6 Å². The van der Waals surface area contributed by atoms with E-state index in [4.69, 9.17) is 15.2 Å². The number of methoxy groups -OCH3 is 2. The molecule has 9 nitrogen and oxygen atoms in total. The van der Waals surface area contributed by atoms with Gasteiger partial charge in [-0.3, -0.25) is 4.79 Å². The number of nitrogens with zero attached hydrogens (tertiary/aromatic N) is 3. The summed E-state index contributed by atoms with van der Waals surface area (Å²) >= 11 is 0. The number of nitrogens with two attached hydrogens (primary N) is 1. The maximum atomic E-state index is 12.4. The van der Waals surface area contributed by atoms with Crippen molar-refractivity contribution in [3.05, 3.63) is 59.3 Å². The molecule has 9 heteroatoms. The number of aromatic nitrogens is 3. The number of nitrogens with one attached hydrogen (secondary N) is 1. The van der Waals surface area contributed by atoms with Crippen molar-refractivity contribution in [2.75, 3.05) is 19.5 Å². The number of fused-ring (bicyclic) bond motifs is 1. The molecule has 0 saturated carbocycles. The van der Waals surface area contributed by atoms with Crippen LogP contribution in [-0.2, 0) is 4.79 Å². The van der Waals surface area contributed by atoms with Crippen LogP contribution in [0, 0.1) is 0 Å². The summed E-state index contributed by atoms with van der Waals surface area (Å²) in [4.78, 5) is 17.0. The minimum atomic E-state index is -0.665. The molecule has 1 aliphatic heterocycles. The fourth-order valence-electron chi connectivity index (χ4n) is 3.54. The lowest BCUT2D eigenvalue weighted by molar-refractivity contribution is -0.115. The molecule has 30 heavy (non-hydrogen) atoms. The Morgan fingerprint density at radius 2 is 1.90 bits per heavy atom. The second-order valence-electron chi connectivity index (χ2n) is 6.79. The van der Waals surface area contributed by atoms with Crippen molar-refractivity contribution in [2.24, 2.45) is 5.73 Å². The number of ether oxygens (including phenoxy) is 2. The molecule has 1 unspecified atom stereocenters. The molecule has 4 N–H and O–H groups in total. The van der Waals surface area contributed by atoms with Crippen molar-refractivity contribution in [1.82, 2.24) is 14.8 Å². The van der Waals surface area contributed by atoms with Crippen LogP contribution >= 0.6 is 0 Å². The molecule has 0 saturated heterocycles. The highest BCUT2D eigenvalue weighted by Gasteiger charge is 2.35. The Morgan fingerprint density at radius 3 is 2.53 bits per heavy atom. The topological polar surface area (TPSA) is 125 Å². The first-order valence-corrected chi connectivity index (χ1v) is 9.18. The standard InChI is InChI=1S/C21H21N5O4/c1-11-17(19(22)28)18(15-10-14(29-2)8-9-16(15)30-3)26-21(23-11)24-20(25-26)12-4-6-13(27)7-5-12/h4-10,18,27H,1-3H3,(H2,22,28)(H,23,24,25). The first-order valence-electron chi connectivity index (χ1n) is 9.18. The number of phenolic OH excluding ortho intramolecular Hbond substituents is 1. The number of aromatic hydroxyl groups is 1. The first-order chi connectivity index (χ1) is 14.4. The number of phenols is 1. The third kappa shape index (κ3) is 3.20. The lowest BCUT2D eigenvalue weighted by Crippen LogP contribution is -2.32. The molecule has 2 heterocycles. The maximum absolute atomic E-state index is 12.4. The van der Waals surface area contributed by atoms with Gasteiger partial charge in [-0.1, -0.05) is 0 Å². The Bertz CT molecular complexity index is 1150. The molecule has 1 aromatic heterocycles. The maximum Gasteiger partial charge on any atom is 0.248 e. The highest BCUT2D eigenvalue weighted by Crippen LogP contribution is 2.41. The molecule has 0 bridgehead atoms. The van der Waals surface area contributed by atoms with E-state index in [1.165, 1.54) is 0 Å². The van der Waals surface area contributed by atoms with Crippen LogP contribution in [0.4, 0.5) is 5.95 Å². The van der Waals surface area contributed by atoms with Gasteiger partial charge in [-0.15, -0.1) is 5.10 Å². The van der Waals surface area contributed by atoms with Gasteiger partial charge in [0.1, 0.15) is 23.3 Å². The van der Waals surface area contributed by atoms with Crippen molar-refractivity contribution in [1.29, 1.82) is 0 Å². The van der Waals surface area contributed by atoms with E-state index >= 15 is 0 Å². The Morgan fingerprint density at radius 1 is 1.17 bits per heavy atom. The van der Waals surface area contributed by atoms with Crippen molar-refractivity contribution in [2.45, 2.75) is 13.0 Å². The van der Waals surface area contributed by atoms with E-state index in [1.807, 2.05) is 0 Å². The predicted molar refractivity (Wildman–Crippen MR) is 110 cm³/mol. The number of carbonyl (C=O) groups excluding carboxylic acids is 1. The van der Waals surface area contributed by atoms with Crippen LogP contribution in [0.3, 0.4) is 0 Å². The molecular formula is C21H21N5O4. The Kier molecular flexibility index (Phi) is 4.78. The van der Waals surface area contributed by atoms with Crippen LogP contribution in [-0.4, -0.2) is 40.0 Å². The summed E-state index contributed by atoms with van der Waals surface area (Å²) in [5, 5.41) is 17.3. The number of amides is 1. The van der Waals surface area contributed by atoms with E-state index in [9.17, 15) is 9.90 Å².